The van der Waals surface area contributed by atoms with Crippen molar-refractivity contribution in [1.29, 1.82) is 5.26 Å². The van der Waals surface area contributed by atoms with Gasteiger partial charge in [-0.25, -0.2) is 0 Å². The van der Waals surface area contributed by atoms with E-state index in [4.69, 9.17) is 5.26 Å². The van der Waals surface area contributed by atoms with Crippen molar-refractivity contribution in [1.82, 2.24) is 9.88 Å². The van der Waals surface area contributed by atoms with Gasteiger partial charge in [0.05, 0.1) is 17.7 Å². The van der Waals surface area contributed by atoms with Crippen LogP contribution in [0, 0.1) is 11.3 Å². The molecule has 4 rings (SSSR count). The molecule has 26 heavy (non-hydrogen) atoms. The van der Waals surface area contributed by atoms with E-state index in [-0.39, 0.29) is 11.9 Å². The fourth-order valence-corrected chi connectivity index (χ4v) is 3.74. The molecule has 0 spiro atoms. The van der Waals surface area contributed by atoms with E-state index in [0.29, 0.717) is 11.6 Å². The van der Waals surface area contributed by atoms with Gasteiger partial charge in [0.2, 0.25) is 5.91 Å². The average molecular weight is 346 g/mol. The van der Waals surface area contributed by atoms with Crippen LogP contribution in [0.25, 0.3) is 0 Å². The van der Waals surface area contributed by atoms with Crippen molar-refractivity contribution in [2.75, 3.05) is 11.4 Å². The summed E-state index contributed by atoms with van der Waals surface area (Å²) in [6.07, 6.45) is 7.87. The van der Waals surface area contributed by atoms with Gasteiger partial charge in [-0.3, -0.25) is 14.7 Å². The van der Waals surface area contributed by atoms with Gasteiger partial charge in [-0.1, -0.05) is 0 Å². The van der Waals surface area contributed by atoms with E-state index in [9.17, 15) is 4.79 Å². The number of carbonyl (C=O) groups is 1. The lowest BCUT2D eigenvalue weighted by Crippen LogP contribution is -2.53. The number of pyridine rings is 1. The highest BCUT2D eigenvalue weighted by molar-refractivity contribution is 5.98. The Balaban J connectivity index is 1.54. The Morgan fingerprint density at radius 3 is 2.50 bits per heavy atom. The summed E-state index contributed by atoms with van der Waals surface area (Å²) >= 11 is 0. The normalized spacial score (nSPS) is 20.2. The number of nitrogens with zero attached hydrogens (tertiary/aromatic N) is 4. The van der Waals surface area contributed by atoms with E-state index in [1.165, 1.54) is 18.4 Å². The van der Waals surface area contributed by atoms with Crippen LogP contribution in [-0.4, -0.2) is 34.4 Å². The molecule has 2 aromatic rings. The van der Waals surface area contributed by atoms with Gasteiger partial charge in [0, 0.05) is 37.2 Å². The molecule has 1 atom stereocenters. The minimum atomic E-state index is -0.0694. The molecule has 5 heteroatoms. The maximum absolute atomic E-state index is 13.3. The van der Waals surface area contributed by atoms with Crippen molar-refractivity contribution in [3.8, 4) is 6.07 Å². The van der Waals surface area contributed by atoms with Gasteiger partial charge in [-0.15, -0.1) is 0 Å². The van der Waals surface area contributed by atoms with Crippen LogP contribution in [0.5, 0.6) is 0 Å². The van der Waals surface area contributed by atoms with Crippen molar-refractivity contribution >= 4 is 11.6 Å². The Kier molecular flexibility index (Phi) is 4.68. The van der Waals surface area contributed by atoms with Crippen molar-refractivity contribution in [3.05, 3.63) is 59.9 Å². The smallest absolute Gasteiger partial charge is 0.244 e. The Morgan fingerprint density at radius 1 is 1.12 bits per heavy atom. The number of carbonyl (C=O) groups excluding carboxylic acids is 1. The maximum Gasteiger partial charge on any atom is 0.244 e. The highest BCUT2D eigenvalue weighted by Gasteiger charge is 2.40. The SMILES string of the molecule is N#Cc1ccc(N2CCCC(N(Cc3ccncc3)C3CC3)C2=O)cc1. The van der Waals surface area contributed by atoms with Gasteiger partial charge in [0.1, 0.15) is 0 Å². The molecule has 1 unspecified atom stereocenters. The molecule has 5 nitrogen and oxygen atoms in total. The molecule has 2 fully saturated rings. The zero-order valence-corrected chi connectivity index (χ0v) is 14.7. The Labute approximate surface area is 153 Å². The van der Waals surface area contributed by atoms with E-state index in [1.807, 2.05) is 41.6 Å². The number of benzene rings is 1. The monoisotopic (exact) mass is 346 g/mol. The number of hydrogen-bond donors (Lipinski definition) is 0. The van der Waals surface area contributed by atoms with Gasteiger partial charge in [-0.2, -0.15) is 5.26 Å². The highest BCUT2D eigenvalue weighted by atomic mass is 16.2. The Morgan fingerprint density at radius 2 is 1.85 bits per heavy atom. The first-order valence-corrected chi connectivity index (χ1v) is 9.22. The first kappa shape index (κ1) is 16.7. The molecule has 1 aliphatic carbocycles. The number of aromatic nitrogens is 1. The van der Waals surface area contributed by atoms with Crippen LogP contribution in [0.1, 0.15) is 36.8 Å². The zero-order chi connectivity index (χ0) is 17.9. The quantitative estimate of drug-likeness (QED) is 0.835. The predicted molar refractivity (Wildman–Crippen MR) is 99.3 cm³/mol. The molecule has 0 bridgehead atoms. The molecule has 1 amide bonds. The molecule has 1 saturated heterocycles. The second-order valence-corrected chi connectivity index (χ2v) is 7.07. The highest BCUT2D eigenvalue weighted by Crippen LogP contribution is 2.34. The first-order chi connectivity index (χ1) is 12.8. The van der Waals surface area contributed by atoms with E-state index in [2.05, 4.69) is 16.0 Å². The minimum Gasteiger partial charge on any atom is -0.311 e. The summed E-state index contributed by atoms with van der Waals surface area (Å²) in [5.41, 5.74) is 2.71. The van der Waals surface area contributed by atoms with Crippen LogP contribution < -0.4 is 4.90 Å². The molecular weight excluding hydrogens is 324 g/mol. The molecule has 0 radical (unpaired) electrons. The number of amides is 1. The summed E-state index contributed by atoms with van der Waals surface area (Å²) in [5, 5.41) is 8.97. The van der Waals surface area contributed by atoms with Gasteiger partial charge in [0.15, 0.2) is 0 Å². The molecule has 2 aliphatic rings. The van der Waals surface area contributed by atoms with Gasteiger partial charge >= 0.3 is 0 Å². The lowest BCUT2D eigenvalue weighted by atomic mass is 10.0. The van der Waals surface area contributed by atoms with Gasteiger partial charge in [-0.05, 0) is 67.6 Å². The summed E-state index contributed by atoms with van der Waals surface area (Å²) in [6.45, 7) is 1.54. The second kappa shape index (κ2) is 7.27. The van der Waals surface area contributed by atoms with E-state index in [0.717, 1.165) is 31.6 Å². The zero-order valence-electron chi connectivity index (χ0n) is 14.7. The third-order valence-corrected chi connectivity index (χ3v) is 5.25. The van der Waals surface area contributed by atoms with Crippen LogP contribution >= 0.6 is 0 Å². The van der Waals surface area contributed by atoms with Crippen LogP contribution in [0.4, 0.5) is 5.69 Å². The topological polar surface area (TPSA) is 60.2 Å². The predicted octanol–water partition coefficient (Wildman–Crippen LogP) is 3.11. The lowest BCUT2D eigenvalue weighted by molar-refractivity contribution is -0.125. The number of piperidine rings is 1. The molecule has 1 aromatic carbocycles. The fraction of sp³-hybridized carbons (Fsp3) is 0.381. The third kappa shape index (κ3) is 3.47. The fourth-order valence-electron chi connectivity index (χ4n) is 3.74. The molecule has 1 saturated carbocycles. The second-order valence-electron chi connectivity index (χ2n) is 7.07. The summed E-state index contributed by atoms with van der Waals surface area (Å²) in [4.78, 5) is 21.6. The van der Waals surface area contributed by atoms with Gasteiger partial charge in [0.25, 0.3) is 0 Å². The van der Waals surface area contributed by atoms with E-state index in [1.54, 1.807) is 12.1 Å². The standard InChI is InChI=1S/C21H22N4O/c22-14-16-3-5-18(6-4-16)24-13-1-2-20(21(24)26)25(19-7-8-19)15-17-9-11-23-12-10-17/h3-6,9-12,19-20H,1-2,7-8,13,15H2. The minimum absolute atomic E-state index is 0.0694. The van der Waals surface area contributed by atoms with Crippen molar-refractivity contribution in [2.24, 2.45) is 0 Å². The summed E-state index contributed by atoms with van der Waals surface area (Å²) < 4.78 is 0. The van der Waals surface area contributed by atoms with E-state index < -0.39 is 0 Å². The van der Waals surface area contributed by atoms with Crippen molar-refractivity contribution in [2.45, 2.75) is 44.3 Å². The maximum atomic E-state index is 13.3. The largest absolute Gasteiger partial charge is 0.311 e. The number of nitriles is 1. The average Bonchev–Trinajstić information content (AvgIpc) is 3.53. The Bertz CT molecular complexity index is 808. The molecule has 0 N–H and O–H groups in total. The number of rotatable bonds is 5. The lowest BCUT2D eigenvalue weighted by Gasteiger charge is -2.38. The van der Waals surface area contributed by atoms with E-state index >= 15 is 0 Å². The van der Waals surface area contributed by atoms with Crippen LogP contribution in [0.15, 0.2) is 48.8 Å². The molecule has 1 aromatic heterocycles. The van der Waals surface area contributed by atoms with Crippen molar-refractivity contribution in [3.63, 3.8) is 0 Å². The molecule has 2 heterocycles. The molecular formula is C21H22N4O. The third-order valence-electron chi connectivity index (χ3n) is 5.25. The van der Waals surface area contributed by atoms with Crippen LogP contribution in [-0.2, 0) is 11.3 Å². The van der Waals surface area contributed by atoms with Crippen molar-refractivity contribution < 1.29 is 4.79 Å². The summed E-state index contributed by atoms with van der Waals surface area (Å²) in [7, 11) is 0. The number of hydrogen-bond acceptors (Lipinski definition) is 4. The molecule has 1 aliphatic heterocycles. The Hall–Kier alpha value is -2.71. The van der Waals surface area contributed by atoms with Crippen LogP contribution in [0.3, 0.4) is 0 Å². The molecule has 132 valence electrons. The summed E-state index contributed by atoms with van der Waals surface area (Å²) in [6, 6.07) is 13.9. The van der Waals surface area contributed by atoms with Gasteiger partial charge < -0.3 is 4.90 Å². The summed E-state index contributed by atoms with van der Waals surface area (Å²) in [5.74, 6) is 0.182. The number of anilines is 1. The van der Waals surface area contributed by atoms with Crippen LogP contribution in [0.2, 0.25) is 0 Å². The first-order valence-electron chi connectivity index (χ1n) is 9.22.